The summed E-state index contributed by atoms with van der Waals surface area (Å²) in [4.78, 5) is 19.6. The Balaban J connectivity index is 1.49. The summed E-state index contributed by atoms with van der Waals surface area (Å²) in [7, 11) is 1.61. The molecule has 0 saturated carbocycles. The van der Waals surface area contributed by atoms with Crippen LogP contribution < -0.4 is 15.4 Å². The van der Waals surface area contributed by atoms with Crippen molar-refractivity contribution in [1.82, 2.24) is 9.88 Å². The van der Waals surface area contributed by atoms with Gasteiger partial charge in [0, 0.05) is 28.7 Å². The van der Waals surface area contributed by atoms with Crippen LogP contribution in [0.5, 0.6) is 5.75 Å². The maximum Gasteiger partial charge on any atom is 0.224 e. The fraction of sp³-hybridized carbons (Fsp3) is 0.360. The van der Waals surface area contributed by atoms with Crippen LogP contribution in [0.2, 0.25) is 5.02 Å². The molecule has 2 heterocycles. The summed E-state index contributed by atoms with van der Waals surface area (Å²) < 4.78 is 5.55. The van der Waals surface area contributed by atoms with E-state index in [9.17, 15) is 4.79 Å². The summed E-state index contributed by atoms with van der Waals surface area (Å²) in [6, 6.07) is 13.2. The van der Waals surface area contributed by atoms with Gasteiger partial charge in [-0.25, -0.2) is 4.98 Å². The number of amides is 1. The van der Waals surface area contributed by atoms with Crippen LogP contribution in [0.25, 0.3) is 10.8 Å². The van der Waals surface area contributed by atoms with Crippen LogP contribution in [0.4, 0.5) is 17.2 Å². The number of likely N-dealkylation sites (tertiary alicyclic amines) is 1. The number of nitrogens with one attached hydrogen (secondary N) is 2. The van der Waals surface area contributed by atoms with Crippen LogP contribution in [-0.4, -0.2) is 42.5 Å². The lowest BCUT2D eigenvalue weighted by Crippen LogP contribution is -2.31. The first kappa shape index (κ1) is 22.4. The minimum absolute atomic E-state index is 0.00657. The average Bonchev–Trinajstić information content (AvgIpc) is 2.80. The van der Waals surface area contributed by atoms with Crippen molar-refractivity contribution in [1.29, 1.82) is 0 Å². The minimum atomic E-state index is -0.00657. The molecule has 0 radical (unpaired) electrons. The van der Waals surface area contributed by atoms with Crippen LogP contribution in [0.15, 0.2) is 48.7 Å². The summed E-state index contributed by atoms with van der Waals surface area (Å²) in [6.45, 7) is 3.27. The number of carbonyl (C=O) groups excluding carboxylic acids is 1. The number of hydrogen-bond donors (Lipinski definition) is 2. The molecule has 32 heavy (non-hydrogen) atoms. The number of pyridine rings is 1. The molecular weight excluding hydrogens is 424 g/mol. The molecule has 1 fully saturated rings. The number of aromatic nitrogens is 1. The fourth-order valence-electron chi connectivity index (χ4n) is 4.13. The van der Waals surface area contributed by atoms with Crippen molar-refractivity contribution in [2.24, 2.45) is 0 Å². The zero-order chi connectivity index (χ0) is 22.3. The first-order valence-corrected chi connectivity index (χ1v) is 11.5. The molecular formula is C25H29ClN4O2. The number of fused-ring (bicyclic) bond motifs is 1. The Hall–Kier alpha value is -2.83. The molecule has 0 bridgehead atoms. The van der Waals surface area contributed by atoms with E-state index >= 15 is 0 Å². The van der Waals surface area contributed by atoms with E-state index < -0.39 is 0 Å². The highest BCUT2D eigenvalue weighted by Crippen LogP contribution is 2.34. The molecule has 6 nitrogen and oxygen atoms in total. The quantitative estimate of drug-likeness (QED) is 0.449. The van der Waals surface area contributed by atoms with Crippen molar-refractivity contribution < 1.29 is 9.53 Å². The molecule has 4 rings (SSSR count). The fourth-order valence-corrected chi connectivity index (χ4v) is 4.32. The van der Waals surface area contributed by atoms with Gasteiger partial charge in [0.05, 0.1) is 12.8 Å². The Bertz CT molecular complexity index is 1080. The lowest BCUT2D eigenvalue weighted by molar-refractivity contribution is -0.116. The summed E-state index contributed by atoms with van der Waals surface area (Å²) in [5, 5.41) is 8.85. The lowest BCUT2D eigenvalue weighted by Gasteiger charge is -2.26. The number of piperidine rings is 1. The van der Waals surface area contributed by atoms with Gasteiger partial charge in [-0.2, -0.15) is 0 Å². The molecule has 2 aromatic carbocycles. The highest BCUT2D eigenvalue weighted by atomic mass is 35.5. The van der Waals surface area contributed by atoms with E-state index in [4.69, 9.17) is 16.3 Å². The van der Waals surface area contributed by atoms with E-state index in [1.54, 1.807) is 13.3 Å². The van der Waals surface area contributed by atoms with Gasteiger partial charge in [0.25, 0.3) is 0 Å². The van der Waals surface area contributed by atoms with Crippen molar-refractivity contribution in [3.8, 4) is 5.75 Å². The van der Waals surface area contributed by atoms with Gasteiger partial charge in [-0.05, 0) is 80.7 Å². The first-order chi connectivity index (χ1) is 15.6. The average molecular weight is 453 g/mol. The van der Waals surface area contributed by atoms with Gasteiger partial charge in [0.2, 0.25) is 5.91 Å². The van der Waals surface area contributed by atoms with Crippen LogP contribution in [-0.2, 0) is 4.79 Å². The number of rotatable bonds is 8. The minimum Gasteiger partial charge on any atom is -0.495 e. The molecule has 2 N–H and O–H groups in total. The lowest BCUT2D eigenvalue weighted by atomic mass is 10.1. The van der Waals surface area contributed by atoms with Gasteiger partial charge < -0.3 is 20.3 Å². The van der Waals surface area contributed by atoms with Crippen molar-refractivity contribution in [3.05, 3.63) is 53.7 Å². The summed E-state index contributed by atoms with van der Waals surface area (Å²) in [5.74, 6) is 1.31. The number of nitrogens with zero attached hydrogens (tertiary/aromatic N) is 2. The third kappa shape index (κ3) is 5.69. The number of benzene rings is 2. The van der Waals surface area contributed by atoms with Gasteiger partial charge in [0.1, 0.15) is 11.6 Å². The molecule has 168 valence electrons. The van der Waals surface area contributed by atoms with Crippen molar-refractivity contribution in [2.45, 2.75) is 32.1 Å². The monoisotopic (exact) mass is 452 g/mol. The highest BCUT2D eigenvalue weighted by Gasteiger charge is 2.14. The summed E-state index contributed by atoms with van der Waals surface area (Å²) in [6.07, 6.45) is 6.93. The predicted octanol–water partition coefficient (Wildman–Crippen LogP) is 5.85. The van der Waals surface area contributed by atoms with E-state index in [1.807, 2.05) is 42.5 Å². The molecule has 0 aliphatic carbocycles. The molecule has 0 atom stereocenters. The second kappa shape index (κ2) is 10.7. The van der Waals surface area contributed by atoms with E-state index in [-0.39, 0.29) is 5.91 Å². The van der Waals surface area contributed by atoms with Gasteiger partial charge in [-0.3, -0.25) is 4.79 Å². The molecule has 0 unspecified atom stereocenters. The largest absolute Gasteiger partial charge is 0.495 e. The third-order valence-electron chi connectivity index (χ3n) is 5.77. The van der Waals surface area contributed by atoms with Crippen molar-refractivity contribution in [3.63, 3.8) is 0 Å². The Morgan fingerprint density at radius 1 is 1.16 bits per heavy atom. The van der Waals surface area contributed by atoms with E-state index in [0.717, 1.165) is 42.5 Å². The Labute approximate surface area is 193 Å². The standard InChI is InChI=1S/C25H29ClN4O2/c1-32-23-15-18-10-11-27-25(28-20-8-5-7-19(26)16-20)21(18)17-22(23)29-24(31)9-6-14-30-12-3-2-4-13-30/h5,7-8,10-11,15-17H,2-4,6,9,12-14H2,1H3,(H,27,28)(H,29,31). The normalized spacial score (nSPS) is 14.3. The molecule has 1 saturated heterocycles. The maximum atomic E-state index is 12.6. The second-order valence-corrected chi connectivity index (χ2v) is 8.56. The number of hydrogen-bond acceptors (Lipinski definition) is 5. The van der Waals surface area contributed by atoms with E-state index in [0.29, 0.717) is 28.7 Å². The zero-order valence-electron chi connectivity index (χ0n) is 18.4. The van der Waals surface area contributed by atoms with Gasteiger partial charge in [-0.1, -0.05) is 24.1 Å². The summed E-state index contributed by atoms with van der Waals surface area (Å²) in [5.41, 5.74) is 1.49. The number of ether oxygens (including phenoxy) is 1. The molecule has 1 aromatic heterocycles. The number of anilines is 3. The SMILES string of the molecule is COc1cc2ccnc(Nc3cccc(Cl)c3)c2cc1NC(=O)CCCN1CCCCC1. The van der Waals surface area contributed by atoms with Crippen molar-refractivity contribution in [2.75, 3.05) is 37.4 Å². The Kier molecular flexibility index (Phi) is 7.45. The molecule has 1 amide bonds. The molecule has 7 heteroatoms. The molecule has 0 spiro atoms. The Morgan fingerprint density at radius 3 is 2.78 bits per heavy atom. The highest BCUT2D eigenvalue weighted by molar-refractivity contribution is 6.30. The van der Waals surface area contributed by atoms with Crippen LogP contribution >= 0.6 is 11.6 Å². The van der Waals surface area contributed by atoms with E-state index in [1.165, 1.54) is 19.3 Å². The first-order valence-electron chi connectivity index (χ1n) is 11.1. The van der Waals surface area contributed by atoms with Gasteiger partial charge in [-0.15, -0.1) is 0 Å². The number of halogens is 1. The zero-order valence-corrected chi connectivity index (χ0v) is 19.1. The topological polar surface area (TPSA) is 66.5 Å². The number of carbonyl (C=O) groups is 1. The maximum absolute atomic E-state index is 12.6. The smallest absolute Gasteiger partial charge is 0.224 e. The van der Waals surface area contributed by atoms with Gasteiger partial charge in [0.15, 0.2) is 0 Å². The molecule has 3 aromatic rings. The van der Waals surface area contributed by atoms with Crippen LogP contribution in [0.3, 0.4) is 0 Å². The Morgan fingerprint density at radius 2 is 2.00 bits per heavy atom. The predicted molar refractivity (Wildman–Crippen MR) is 131 cm³/mol. The van der Waals surface area contributed by atoms with E-state index in [2.05, 4.69) is 20.5 Å². The summed E-state index contributed by atoms with van der Waals surface area (Å²) >= 11 is 6.12. The van der Waals surface area contributed by atoms with Crippen molar-refractivity contribution >= 4 is 45.5 Å². The van der Waals surface area contributed by atoms with Gasteiger partial charge >= 0.3 is 0 Å². The van der Waals surface area contributed by atoms with Crippen LogP contribution in [0, 0.1) is 0 Å². The third-order valence-corrected chi connectivity index (χ3v) is 6.01. The molecule has 1 aliphatic heterocycles. The number of methoxy groups -OCH3 is 1. The van der Waals surface area contributed by atoms with Crippen LogP contribution in [0.1, 0.15) is 32.1 Å². The molecule has 1 aliphatic rings. The second-order valence-electron chi connectivity index (χ2n) is 8.12.